The number of carbonyl (C=O) groups is 2. The summed E-state index contributed by atoms with van der Waals surface area (Å²) < 4.78 is 11.0. The second kappa shape index (κ2) is 8.57. The van der Waals surface area contributed by atoms with E-state index >= 15 is 0 Å². The van der Waals surface area contributed by atoms with Gasteiger partial charge in [0.15, 0.2) is 11.5 Å². The van der Waals surface area contributed by atoms with E-state index in [1.54, 1.807) is 43.5 Å². The molecule has 6 heteroatoms. The van der Waals surface area contributed by atoms with Crippen LogP contribution in [0.1, 0.15) is 19.3 Å². The van der Waals surface area contributed by atoms with Crippen LogP contribution >= 0.6 is 0 Å². The van der Waals surface area contributed by atoms with Gasteiger partial charge in [0.05, 0.1) is 7.11 Å². The van der Waals surface area contributed by atoms with Crippen molar-refractivity contribution in [2.75, 3.05) is 12.4 Å². The van der Waals surface area contributed by atoms with Gasteiger partial charge in [-0.25, -0.2) is 0 Å². The van der Waals surface area contributed by atoms with Gasteiger partial charge < -0.3 is 24.7 Å². The fourth-order valence-electron chi connectivity index (χ4n) is 2.05. The van der Waals surface area contributed by atoms with Crippen LogP contribution in [0.15, 0.2) is 48.5 Å². The number of carboxylic acids is 1. The molecule has 2 rings (SSSR count). The van der Waals surface area contributed by atoms with Crippen molar-refractivity contribution in [2.45, 2.75) is 19.3 Å². The number of amides is 1. The molecule has 0 bridgehead atoms. The second-order valence-electron chi connectivity index (χ2n) is 5.05. The molecule has 0 fully saturated rings. The van der Waals surface area contributed by atoms with E-state index in [9.17, 15) is 14.7 Å². The molecule has 2 aromatic carbocycles. The zero-order valence-corrected chi connectivity index (χ0v) is 13.3. The molecule has 0 unspecified atom stereocenters. The molecule has 0 heterocycles. The molecule has 1 amide bonds. The molecule has 0 radical (unpaired) electrons. The molecule has 0 spiro atoms. The van der Waals surface area contributed by atoms with Gasteiger partial charge in [-0.2, -0.15) is 0 Å². The maximum Gasteiger partial charge on any atom is 0.224 e. The first-order valence-corrected chi connectivity index (χ1v) is 7.49. The number of rotatable bonds is 8. The quantitative estimate of drug-likeness (QED) is 0.803. The van der Waals surface area contributed by atoms with Gasteiger partial charge in [0, 0.05) is 18.1 Å². The number of para-hydroxylation sites is 2. The van der Waals surface area contributed by atoms with Gasteiger partial charge in [-0.15, -0.1) is 0 Å². The zero-order valence-electron chi connectivity index (χ0n) is 13.3. The standard InChI is InChI=1S/C18H19NO5/c1-23-15-5-2-3-6-16(15)24-14-11-9-13(10-12-14)19-17(20)7-4-8-18(21)22/h2-3,5-6,9-12H,4,7-8H2,1H3,(H,19,20)(H,21,22)/p-1. The number of nitrogens with one attached hydrogen (secondary N) is 1. The SMILES string of the molecule is COc1ccccc1Oc1ccc(NC(=O)CCCC(=O)[O-])cc1. The fraction of sp³-hybridized carbons (Fsp3) is 0.222. The number of hydrogen-bond donors (Lipinski definition) is 1. The third-order valence-electron chi connectivity index (χ3n) is 3.22. The summed E-state index contributed by atoms with van der Waals surface area (Å²) in [6.45, 7) is 0. The van der Waals surface area contributed by atoms with Gasteiger partial charge in [0.1, 0.15) is 5.75 Å². The lowest BCUT2D eigenvalue weighted by Gasteiger charge is -2.11. The molecule has 1 N–H and O–H groups in total. The van der Waals surface area contributed by atoms with Crippen molar-refractivity contribution in [2.24, 2.45) is 0 Å². The number of carbonyl (C=O) groups excluding carboxylic acids is 2. The van der Waals surface area contributed by atoms with E-state index < -0.39 is 5.97 Å². The molecule has 0 aliphatic heterocycles. The van der Waals surface area contributed by atoms with Crippen molar-refractivity contribution in [3.05, 3.63) is 48.5 Å². The molecule has 2 aromatic rings. The van der Waals surface area contributed by atoms with Crippen molar-refractivity contribution in [3.8, 4) is 17.2 Å². The molecule has 0 aliphatic rings. The van der Waals surface area contributed by atoms with Gasteiger partial charge in [-0.3, -0.25) is 4.79 Å². The summed E-state index contributed by atoms with van der Waals surface area (Å²) in [6, 6.07) is 14.2. The lowest BCUT2D eigenvalue weighted by atomic mass is 10.2. The van der Waals surface area contributed by atoms with Gasteiger partial charge in [-0.05, 0) is 49.2 Å². The molecule has 0 aliphatic carbocycles. The minimum absolute atomic E-state index is 0.126. The van der Waals surface area contributed by atoms with Crippen LogP contribution < -0.4 is 19.9 Å². The summed E-state index contributed by atoms with van der Waals surface area (Å²) in [5, 5.41) is 13.0. The Balaban J connectivity index is 1.91. The van der Waals surface area contributed by atoms with Crippen LogP contribution in [-0.4, -0.2) is 19.0 Å². The molecular weight excluding hydrogens is 310 g/mol. The number of methoxy groups -OCH3 is 1. The smallest absolute Gasteiger partial charge is 0.224 e. The van der Waals surface area contributed by atoms with Crippen molar-refractivity contribution in [1.29, 1.82) is 0 Å². The van der Waals surface area contributed by atoms with Crippen LogP contribution in [0.5, 0.6) is 17.2 Å². The average Bonchev–Trinajstić information content (AvgIpc) is 2.57. The molecular formula is C18H18NO5-. The van der Waals surface area contributed by atoms with Crippen LogP contribution in [0, 0.1) is 0 Å². The highest BCUT2D eigenvalue weighted by atomic mass is 16.5. The molecule has 24 heavy (non-hydrogen) atoms. The average molecular weight is 328 g/mol. The summed E-state index contributed by atoms with van der Waals surface area (Å²) in [4.78, 5) is 22.0. The monoisotopic (exact) mass is 328 g/mol. The van der Waals surface area contributed by atoms with Crippen LogP contribution in [0.25, 0.3) is 0 Å². The van der Waals surface area contributed by atoms with Crippen LogP contribution in [0.4, 0.5) is 5.69 Å². The van der Waals surface area contributed by atoms with Crippen LogP contribution in [0.3, 0.4) is 0 Å². The number of anilines is 1. The Kier molecular flexibility index (Phi) is 6.19. The van der Waals surface area contributed by atoms with Crippen LogP contribution in [-0.2, 0) is 9.59 Å². The highest BCUT2D eigenvalue weighted by Gasteiger charge is 2.06. The number of hydrogen-bond acceptors (Lipinski definition) is 5. The van der Waals surface area contributed by atoms with Crippen molar-refractivity contribution >= 4 is 17.6 Å². The maximum atomic E-state index is 11.7. The van der Waals surface area contributed by atoms with E-state index in [-0.39, 0.29) is 25.2 Å². The minimum atomic E-state index is -1.15. The van der Waals surface area contributed by atoms with E-state index in [4.69, 9.17) is 9.47 Å². The Bertz CT molecular complexity index is 697. The predicted octanol–water partition coefficient (Wildman–Crippen LogP) is 2.35. The summed E-state index contributed by atoms with van der Waals surface area (Å²) in [6.07, 6.45) is 0.260. The predicted molar refractivity (Wildman–Crippen MR) is 87.0 cm³/mol. The van der Waals surface area contributed by atoms with Gasteiger partial charge in [0.2, 0.25) is 5.91 Å². The van der Waals surface area contributed by atoms with Crippen LogP contribution in [0.2, 0.25) is 0 Å². The zero-order chi connectivity index (χ0) is 17.4. The van der Waals surface area contributed by atoms with Gasteiger partial charge in [-0.1, -0.05) is 12.1 Å². The Labute approximate surface area is 140 Å². The molecule has 0 aromatic heterocycles. The Hall–Kier alpha value is -3.02. The Morgan fingerprint density at radius 2 is 1.67 bits per heavy atom. The largest absolute Gasteiger partial charge is 0.550 e. The first-order valence-electron chi connectivity index (χ1n) is 7.49. The van der Waals surface area contributed by atoms with E-state index in [2.05, 4.69) is 5.32 Å². The van der Waals surface area contributed by atoms with Crippen molar-refractivity contribution in [1.82, 2.24) is 0 Å². The summed E-state index contributed by atoms with van der Waals surface area (Å²) in [5.41, 5.74) is 0.612. The lowest BCUT2D eigenvalue weighted by Crippen LogP contribution is -2.22. The third-order valence-corrected chi connectivity index (χ3v) is 3.22. The molecule has 0 saturated heterocycles. The molecule has 0 atom stereocenters. The first kappa shape index (κ1) is 17.3. The lowest BCUT2D eigenvalue weighted by molar-refractivity contribution is -0.305. The topological polar surface area (TPSA) is 87.7 Å². The van der Waals surface area contributed by atoms with E-state index in [0.717, 1.165) is 0 Å². The summed E-state index contributed by atoms with van der Waals surface area (Å²) >= 11 is 0. The maximum absolute atomic E-state index is 11.7. The molecule has 6 nitrogen and oxygen atoms in total. The molecule has 126 valence electrons. The van der Waals surface area contributed by atoms with E-state index in [1.807, 2.05) is 12.1 Å². The Morgan fingerprint density at radius 1 is 1.00 bits per heavy atom. The highest BCUT2D eigenvalue weighted by molar-refractivity contribution is 5.90. The summed E-state index contributed by atoms with van der Waals surface area (Å²) in [7, 11) is 1.57. The van der Waals surface area contributed by atoms with Crippen molar-refractivity contribution < 1.29 is 24.2 Å². The third kappa shape index (κ3) is 5.31. The van der Waals surface area contributed by atoms with E-state index in [1.165, 1.54) is 0 Å². The first-order chi connectivity index (χ1) is 11.6. The number of aliphatic carboxylic acids is 1. The second-order valence-corrected chi connectivity index (χ2v) is 5.05. The fourth-order valence-corrected chi connectivity index (χ4v) is 2.05. The van der Waals surface area contributed by atoms with E-state index in [0.29, 0.717) is 22.9 Å². The van der Waals surface area contributed by atoms with Crippen molar-refractivity contribution in [3.63, 3.8) is 0 Å². The Morgan fingerprint density at radius 3 is 2.29 bits per heavy atom. The number of benzene rings is 2. The minimum Gasteiger partial charge on any atom is -0.550 e. The highest BCUT2D eigenvalue weighted by Crippen LogP contribution is 2.31. The van der Waals surface area contributed by atoms with Gasteiger partial charge in [0.25, 0.3) is 0 Å². The number of carboxylic acid groups (broad SMARTS) is 1. The number of ether oxygens (including phenoxy) is 2. The van der Waals surface area contributed by atoms with Gasteiger partial charge >= 0.3 is 0 Å². The normalized spacial score (nSPS) is 10.0. The summed E-state index contributed by atoms with van der Waals surface area (Å²) in [5.74, 6) is 0.437. The molecule has 0 saturated carbocycles.